The molecule has 0 saturated carbocycles. The van der Waals surface area contributed by atoms with Crippen LogP contribution in [0.2, 0.25) is 5.02 Å². The highest BCUT2D eigenvalue weighted by Crippen LogP contribution is 2.37. The van der Waals surface area contributed by atoms with Crippen LogP contribution in [0.3, 0.4) is 0 Å². The fourth-order valence-corrected chi connectivity index (χ4v) is 1.56. The van der Waals surface area contributed by atoms with E-state index in [4.69, 9.17) is 26.3 Å². The molecule has 0 heterocycles. The third-order valence-electron chi connectivity index (χ3n) is 2.15. The standard InChI is InChI=1S/C11H12ClNO2/c1-7(6-13)8-4-9(12)11(15-3)10(5-8)14-2/h4-5,7H,1-3H3. The first-order valence-electron chi connectivity index (χ1n) is 4.45. The zero-order chi connectivity index (χ0) is 11.4. The molecule has 0 radical (unpaired) electrons. The average Bonchev–Trinajstić information content (AvgIpc) is 2.26. The number of rotatable bonds is 3. The molecule has 0 aliphatic heterocycles. The van der Waals surface area contributed by atoms with E-state index in [-0.39, 0.29) is 5.92 Å². The molecule has 3 nitrogen and oxygen atoms in total. The van der Waals surface area contributed by atoms with Gasteiger partial charge in [0.05, 0.1) is 31.2 Å². The number of nitriles is 1. The Kier molecular flexibility index (Phi) is 3.81. The van der Waals surface area contributed by atoms with E-state index in [0.717, 1.165) is 5.56 Å². The average molecular weight is 226 g/mol. The van der Waals surface area contributed by atoms with Crippen molar-refractivity contribution in [3.63, 3.8) is 0 Å². The molecule has 0 bridgehead atoms. The van der Waals surface area contributed by atoms with Gasteiger partial charge in [0, 0.05) is 0 Å². The molecule has 0 amide bonds. The lowest BCUT2D eigenvalue weighted by atomic mass is 10.0. The van der Waals surface area contributed by atoms with Crippen molar-refractivity contribution >= 4 is 11.6 Å². The number of ether oxygens (including phenoxy) is 2. The van der Waals surface area contributed by atoms with E-state index in [2.05, 4.69) is 6.07 Å². The Morgan fingerprint density at radius 2 is 2.00 bits per heavy atom. The molecule has 15 heavy (non-hydrogen) atoms. The summed E-state index contributed by atoms with van der Waals surface area (Å²) in [6.45, 7) is 1.80. The maximum absolute atomic E-state index is 8.80. The predicted octanol–water partition coefficient (Wildman–Crippen LogP) is 2.98. The van der Waals surface area contributed by atoms with Gasteiger partial charge in [-0.2, -0.15) is 5.26 Å². The molecule has 1 aromatic rings. The van der Waals surface area contributed by atoms with Crippen LogP contribution in [0.4, 0.5) is 0 Å². The molecular formula is C11H12ClNO2. The van der Waals surface area contributed by atoms with Crippen molar-refractivity contribution in [2.45, 2.75) is 12.8 Å². The predicted molar refractivity (Wildman–Crippen MR) is 58.6 cm³/mol. The molecule has 0 fully saturated rings. The van der Waals surface area contributed by atoms with Gasteiger partial charge in [-0.25, -0.2) is 0 Å². The fourth-order valence-electron chi connectivity index (χ4n) is 1.26. The van der Waals surface area contributed by atoms with Gasteiger partial charge in [0.15, 0.2) is 11.5 Å². The largest absolute Gasteiger partial charge is 0.493 e. The van der Waals surface area contributed by atoms with Crippen LogP contribution in [0.1, 0.15) is 18.4 Å². The highest BCUT2D eigenvalue weighted by atomic mass is 35.5. The summed E-state index contributed by atoms with van der Waals surface area (Å²) >= 11 is 6.00. The second-order valence-electron chi connectivity index (χ2n) is 3.09. The highest BCUT2D eigenvalue weighted by molar-refractivity contribution is 6.32. The lowest BCUT2D eigenvalue weighted by Crippen LogP contribution is -1.96. The minimum atomic E-state index is -0.220. The molecule has 1 rings (SSSR count). The highest BCUT2D eigenvalue weighted by Gasteiger charge is 2.13. The zero-order valence-electron chi connectivity index (χ0n) is 8.87. The molecule has 0 spiro atoms. The fraction of sp³-hybridized carbons (Fsp3) is 0.364. The maximum atomic E-state index is 8.80. The van der Waals surface area contributed by atoms with Crippen LogP contribution in [0.5, 0.6) is 11.5 Å². The van der Waals surface area contributed by atoms with Gasteiger partial charge >= 0.3 is 0 Å². The van der Waals surface area contributed by atoms with Gasteiger partial charge in [-0.05, 0) is 24.6 Å². The Hall–Kier alpha value is -1.40. The maximum Gasteiger partial charge on any atom is 0.179 e. The Morgan fingerprint density at radius 1 is 1.33 bits per heavy atom. The van der Waals surface area contributed by atoms with Crippen LogP contribution < -0.4 is 9.47 Å². The normalized spacial score (nSPS) is 11.7. The first-order valence-corrected chi connectivity index (χ1v) is 4.82. The van der Waals surface area contributed by atoms with Gasteiger partial charge in [0.2, 0.25) is 0 Å². The van der Waals surface area contributed by atoms with Crippen LogP contribution in [-0.2, 0) is 0 Å². The topological polar surface area (TPSA) is 42.2 Å². The third kappa shape index (κ3) is 2.34. The second-order valence-corrected chi connectivity index (χ2v) is 3.50. The van der Waals surface area contributed by atoms with Crippen molar-refractivity contribution in [2.75, 3.05) is 14.2 Å². The minimum Gasteiger partial charge on any atom is -0.493 e. The summed E-state index contributed by atoms with van der Waals surface area (Å²) in [5.41, 5.74) is 0.820. The van der Waals surface area contributed by atoms with E-state index < -0.39 is 0 Å². The van der Waals surface area contributed by atoms with Crippen molar-refractivity contribution in [3.05, 3.63) is 22.7 Å². The Labute approximate surface area is 94.2 Å². The van der Waals surface area contributed by atoms with E-state index in [9.17, 15) is 0 Å². The summed E-state index contributed by atoms with van der Waals surface area (Å²) in [7, 11) is 3.06. The summed E-state index contributed by atoms with van der Waals surface area (Å²) in [5, 5.41) is 9.26. The molecular weight excluding hydrogens is 214 g/mol. The Balaban J connectivity index is 3.26. The first kappa shape index (κ1) is 11.7. The van der Waals surface area contributed by atoms with Crippen LogP contribution >= 0.6 is 11.6 Å². The SMILES string of the molecule is COc1cc(C(C)C#N)cc(Cl)c1OC. The number of hydrogen-bond donors (Lipinski definition) is 0. The molecule has 80 valence electrons. The van der Waals surface area contributed by atoms with E-state index in [0.29, 0.717) is 16.5 Å². The molecule has 1 atom stereocenters. The number of methoxy groups -OCH3 is 2. The molecule has 0 saturated heterocycles. The van der Waals surface area contributed by atoms with Gasteiger partial charge in [-0.15, -0.1) is 0 Å². The third-order valence-corrected chi connectivity index (χ3v) is 2.43. The van der Waals surface area contributed by atoms with Crippen molar-refractivity contribution < 1.29 is 9.47 Å². The van der Waals surface area contributed by atoms with Crippen LogP contribution in [0.15, 0.2) is 12.1 Å². The number of hydrogen-bond acceptors (Lipinski definition) is 3. The summed E-state index contributed by atoms with van der Waals surface area (Å²) < 4.78 is 10.2. The van der Waals surface area contributed by atoms with Crippen molar-refractivity contribution in [1.82, 2.24) is 0 Å². The smallest absolute Gasteiger partial charge is 0.179 e. The van der Waals surface area contributed by atoms with Crippen LogP contribution in [-0.4, -0.2) is 14.2 Å². The van der Waals surface area contributed by atoms with Crippen molar-refractivity contribution in [1.29, 1.82) is 5.26 Å². The molecule has 1 unspecified atom stereocenters. The second kappa shape index (κ2) is 4.90. The first-order chi connectivity index (χ1) is 7.13. The molecule has 0 aromatic heterocycles. The van der Waals surface area contributed by atoms with E-state index in [1.165, 1.54) is 14.2 Å². The van der Waals surface area contributed by atoms with E-state index in [1.54, 1.807) is 19.1 Å². The van der Waals surface area contributed by atoms with Crippen LogP contribution in [0, 0.1) is 11.3 Å². The summed E-state index contributed by atoms with van der Waals surface area (Å²) in [4.78, 5) is 0. The van der Waals surface area contributed by atoms with Gasteiger partial charge in [-0.3, -0.25) is 0 Å². The summed E-state index contributed by atoms with van der Waals surface area (Å²) in [6.07, 6.45) is 0. The summed E-state index contributed by atoms with van der Waals surface area (Å²) in [6, 6.07) is 5.62. The van der Waals surface area contributed by atoms with Crippen LogP contribution in [0.25, 0.3) is 0 Å². The lowest BCUT2D eigenvalue weighted by Gasteiger charge is -2.12. The van der Waals surface area contributed by atoms with Gasteiger partial charge in [0.25, 0.3) is 0 Å². The number of halogens is 1. The van der Waals surface area contributed by atoms with Gasteiger partial charge < -0.3 is 9.47 Å². The lowest BCUT2D eigenvalue weighted by molar-refractivity contribution is 0.354. The quantitative estimate of drug-likeness (QED) is 0.794. The molecule has 1 aromatic carbocycles. The van der Waals surface area contributed by atoms with Gasteiger partial charge in [0.1, 0.15) is 0 Å². The molecule has 0 N–H and O–H groups in total. The van der Waals surface area contributed by atoms with Crippen molar-refractivity contribution in [2.24, 2.45) is 0 Å². The molecule has 0 aliphatic carbocycles. The number of benzene rings is 1. The Morgan fingerprint density at radius 3 is 2.47 bits per heavy atom. The van der Waals surface area contributed by atoms with E-state index in [1.807, 2.05) is 0 Å². The minimum absolute atomic E-state index is 0.220. The van der Waals surface area contributed by atoms with Gasteiger partial charge in [-0.1, -0.05) is 11.6 Å². The monoisotopic (exact) mass is 225 g/mol. The zero-order valence-corrected chi connectivity index (χ0v) is 9.63. The molecule has 0 aliphatic rings. The summed E-state index contributed by atoms with van der Waals surface area (Å²) in [5.74, 6) is 0.817. The van der Waals surface area contributed by atoms with Crippen molar-refractivity contribution in [3.8, 4) is 17.6 Å². The van der Waals surface area contributed by atoms with E-state index >= 15 is 0 Å². The number of nitrogens with zero attached hydrogens (tertiary/aromatic N) is 1. The Bertz CT molecular complexity index is 398. The molecule has 4 heteroatoms.